The zero-order valence-corrected chi connectivity index (χ0v) is 14.5. The van der Waals surface area contributed by atoms with Crippen molar-refractivity contribution in [2.24, 2.45) is 13.0 Å². The van der Waals surface area contributed by atoms with Crippen LogP contribution in [0.3, 0.4) is 0 Å². The number of thiazole rings is 1. The Kier molecular flexibility index (Phi) is 4.66. The summed E-state index contributed by atoms with van der Waals surface area (Å²) in [4.78, 5) is 16.6. The van der Waals surface area contributed by atoms with Gasteiger partial charge in [0.25, 0.3) is 15.9 Å². The molecule has 0 aromatic carbocycles. The number of rotatable bonds is 5. The zero-order valence-electron chi connectivity index (χ0n) is 12.8. The van der Waals surface area contributed by atoms with E-state index in [4.69, 9.17) is 0 Å². The van der Waals surface area contributed by atoms with E-state index in [0.29, 0.717) is 11.5 Å². The van der Waals surface area contributed by atoms with E-state index in [2.05, 4.69) is 28.7 Å². The molecule has 2 aromatic rings. The van der Waals surface area contributed by atoms with Crippen molar-refractivity contribution in [1.29, 1.82) is 0 Å². The molecule has 0 atom stereocenters. The minimum absolute atomic E-state index is 0.0206. The number of hydrogen-bond acceptors (Lipinski definition) is 6. The molecule has 7 nitrogen and oxygen atoms in total. The first-order chi connectivity index (χ1) is 10.2. The van der Waals surface area contributed by atoms with Crippen LogP contribution in [-0.4, -0.2) is 29.1 Å². The summed E-state index contributed by atoms with van der Waals surface area (Å²) in [5.74, 6) is -0.254. The summed E-state index contributed by atoms with van der Waals surface area (Å²) < 4.78 is 27.9. The van der Waals surface area contributed by atoms with Gasteiger partial charge in [-0.2, -0.15) is 13.5 Å². The van der Waals surface area contributed by atoms with Crippen molar-refractivity contribution >= 4 is 27.3 Å². The van der Waals surface area contributed by atoms with Gasteiger partial charge >= 0.3 is 0 Å². The van der Waals surface area contributed by atoms with Crippen LogP contribution in [0.15, 0.2) is 17.4 Å². The number of nitrogens with one attached hydrogen (secondary N) is 1. The molecule has 0 aliphatic heterocycles. The fourth-order valence-corrected chi connectivity index (χ4v) is 4.41. The average Bonchev–Trinajstić information content (AvgIpc) is 2.95. The molecule has 22 heavy (non-hydrogen) atoms. The molecule has 0 spiro atoms. The topological polar surface area (TPSA) is 94.0 Å². The number of amides is 1. The Morgan fingerprint density at radius 1 is 1.41 bits per heavy atom. The summed E-state index contributed by atoms with van der Waals surface area (Å²) in [7, 11) is -2.45. The average molecular weight is 342 g/mol. The molecule has 2 aromatic heterocycles. The fourth-order valence-electron chi connectivity index (χ4n) is 2.00. The molecule has 2 rings (SSSR count). The van der Waals surface area contributed by atoms with Crippen LogP contribution in [0, 0.1) is 12.8 Å². The minimum Gasteiger partial charge on any atom is -0.267 e. The van der Waals surface area contributed by atoms with Gasteiger partial charge in [0, 0.05) is 19.0 Å². The number of carbonyl (C=O) groups excluding carboxylic acids is 1. The lowest BCUT2D eigenvalue weighted by atomic mass is 10.1. The number of carbonyl (C=O) groups is 1. The standard InChI is InChI=1S/C13H18N4O3S2/c1-8(2)5-11-14-7-10(21-11)12(18)16-22(19,20)13-9(3)6-15-17(13)4/h6-8H,5H2,1-4H3,(H,16,18). The van der Waals surface area contributed by atoms with E-state index in [1.807, 2.05) is 0 Å². The second kappa shape index (κ2) is 6.17. The van der Waals surface area contributed by atoms with Gasteiger partial charge in [-0.15, -0.1) is 11.3 Å². The van der Waals surface area contributed by atoms with Crippen LogP contribution in [0.4, 0.5) is 0 Å². The van der Waals surface area contributed by atoms with Crippen LogP contribution in [0.1, 0.15) is 34.1 Å². The van der Waals surface area contributed by atoms with Crippen molar-refractivity contribution in [2.45, 2.75) is 32.2 Å². The highest BCUT2D eigenvalue weighted by Crippen LogP contribution is 2.18. The predicted octanol–water partition coefficient (Wildman–Crippen LogP) is 1.50. The summed E-state index contributed by atoms with van der Waals surface area (Å²) in [5, 5.41) is 4.67. The van der Waals surface area contributed by atoms with Crippen molar-refractivity contribution < 1.29 is 13.2 Å². The van der Waals surface area contributed by atoms with Crippen molar-refractivity contribution in [1.82, 2.24) is 19.5 Å². The van der Waals surface area contributed by atoms with E-state index in [0.717, 1.165) is 11.4 Å². The van der Waals surface area contributed by atoms with E-state index in [-0.39, 0.29) is 9.90 Å². The molecule has 0 saturated heterocycles. The van der Waals surface area contributed by atoms with Gasteiger partial charge in [-0.25, -0.2) is 9.71 Å². The van der Waals surface area contributed by atoms with E-state index >= 15 is 0 Å². The quantitative estimate of drug-likeness (QED) is 0.889. The lowest BCUT2D eigenvalue weighted by molar-refractivity contribution is 0.0985. The summed E-state index contributed by atoms with van der Waals surface area (Å²) in [6.07, 6.45) is 3.60. The molecule has 0 fully saturated rings. The summed E-state index contributed by atoms with van der Waals surface area (Å²) in [6, 6.07) is 0. The molecule has 0 aliphatic rings. The third-order valence-electron chi connectivity index (χ3n) is 2.90. The number of hydrogen-bond donors (Lipinski definition) is 1. The van der Waals surface area contributed by atoms with E-state index < -0.39 is 15.9 Å². The SMILES string of the molecule is Cc1cnn(C)c1S(=O)(=O)NC(=O)c1cnc(CC(C)C)s1. The van der Waals surface area contributed by atoms with Gasteiger partial charge in [-0.3, -0.25) is 9.48 Å². The second-order valence-electron chi connectivity index (χ2n) is 5.41. The molecule has 0 bridgehead atoms. The summed E-state index contributed by atoms with van der Waals surface area (Å²) >= 11 is 1.21. The van der Waals surface area contributed by atoms with Crippen LogP contribution >= 0.6 is 11.3 Å². The maximum Gasteiger partial charge on any atom is 0.281 e. The Hall–Kier alpha value is -1.74. The third-order valence-corrected chi connectivity index (χ3v) is 5.47. The van der Waals surface area contributed by atoms with Gasteiger partial charge in [-0.1, -0.05) is 13.8 Å². The first-order valence-electron chi connectivity index (χ1n) is 6.71. The lowest BCUT2D eigenvalue weighted by Gasteiger charge is -2.06. The molecule has 0 aliphatic carbocycles. The molecule has 120 valence electrons. The van der Waals surface area contributed by atoms with Crippen molar-refractivity contribution in [3.05, 3.63) is 27.8 Å². The normalized spacial score (nSPS) is 11.9. The summed E-state index contributed by atoms with van der Waals surface area (Å²) in [6.45, 7) is 5.73. The van der Waals surface area contributed by atoms with Crippen LogP contribution in [0.2, 0.25) is 0 Å². The van der Waals surface area contributed by atoms with Gasteiger partial charge < -0.3 is 0 Å². The molecule has 1 amide bonds. The highest BCUT2D eigenvalue weighted by atomic mass is 32.2. The summed E-state index contributed by atoms with van der Waals surface area (Å²) in [5.41, 5.74) is 0.479. The van der Waals surface area contributed by atoms with Crippen molar-refractivity contribution in [3.8, 4) is 0 Å². The third kappa shape index (κ3) is 3.53. The second-order valence-corrected chi connectivity index (χ2v) is 8.12. The Morgan fingerprint density at radius 2 is 2.09 bits per heavy atom. The van der Waals surface area contributed by atoms with E-state index in [1.165, 1.54) is 35.5 Å². The molecular weight excluding hydrogens is 324 g/mol. The molecular formula is C13H18N4O3S2. The fraction of sp³-hybridized carbons (Fsp3) is 0.462. The first kappa shape index (κ1) is 16.6. The lowest BCUT2D eigenvalue weighted by Crippen LogP contribution is -2.31. The van der Waals surface area contributed by atoms with Crippen LogP contribution in [-0.2, 0) is 23.5 Å². The van der Waals surface area contributed by atoms with E-state index in [1.54, 1.807) is 6.92 Å². The molecule has 0 radical (unpaired) electrons. The Morgan fingerprint density at radius 3 is 2.64 bits per heavy atom. The molecule has 0 saturated carbocycles. The maximum absolute atomic E-state index is 12.3. The van der Waals surface area contributed by atoms with Gasteiger partial charge in [0.2, 0.25) is 0 Å². The van der Waals surface area contributed by atoms with Crippen molar-refractivity contribution in [2.75, 3.05) is 0 Å². The number of aromatic nitrogens is 3. The number of nitrogens with zero attached hydrogens (tertiary/aromatic N) is 3. The van der Waals surface area contributed by atoms with Gasteiger partial charge in [0.05, 0.1) is 17.4 Å². The highest BCUT2D eigenvalue weighted by Gasteiger charge is 2.25. The molecule has 9 heteroatoms. The Bertz CT molecular complexity index is 771. The molecule has 0 unspecified atom stereocenters. The van der Waals surface area contributed by atoms with Gasteiger partial charge in [-0.05, 0) is 12.8 Å². The largest absolute Gasteiger partial charge is 0.281 e. The smallest absolute Gasteiger partial charge is 0.267 e. The Balaban J connectivity index is 2.19. The number of aryl methyl sites for hydroxylation is 2. The zero-order chi connectivity index (χ0) is 16.5. The van der Waals surface area contributed by atoms with Crippen LogP contribution in [0.5, 0.6) is 0 Å². The predicted molar refractivity (Wildman–Crippen MR) is 83.3 cm³/mol. The minimum atomic E-state index is -3.96. The monoisotopic (exact) mass is 342 g/mol. The maximum atomic E-state index is 12.3. The highest BCUT2D eigenvalue weighted by molar-refractivity contribution is 7.90. The Labute approximate surface area is 133 Å². The van der Waals surface area contributed by atoms with Gasteiger partial charge in [0.1, 0.15) is 4.88 Å². The van der Waals surface area contributed by atoms with E-state index in [9.17, 15) is 13.2 Å². The number of sulfonamides is 1. The van der Waals surface area contributed by atoms with Crippen molar-refractivity contribution in [3.63, 3.8) is 0 Å². The van der Waals surface area contributed by atoms with Gasteiger partial charge in [0.15, 0.2) is 5.03 Å². The first-order valence-corrected chi connectivity index (χ1v) is 9.01. The van der Waals surface area contributed by atoms with Crippen LogP contribution in [0.25, 0.3) is 0 Å². The molecule has 1 N–H and O–H groups in total. The molecule has 2 heterocycles. The van der Waals surface area contributed by atoms with Crippen LogP contribution < -0.4 is 4.72 Å².